The molecule has 4 rings (SSSR count). The molecule has 1 amide bonds. The van der Waals surface area contributed by atoms with Crippen LogP contribution in [0.25, 0.3) is 11.1 Å². The Hall–Kier alpha value is -2.88. The standard InChI is InChI=1S/C22H21NO3/c24-21(23-13-15-7-1-2-8-16(15)14-23)19-11-5-3-9-17(19)18-10-4-6-12-20(18)22(25)26/h1-6,9-12,15-16H,7-8,13-14H2,(H,25,26)/t15-,16+. The van der Waals surface area contributed by atoms with Crippen LogP contribution in [0.1, 0.15) is 33.6 Å². The van der Waals surface area contributed by atoms with E-state index >= 15 is 0 Å². The Morgan fingerprint density at radius 3 is 1.88 bits per heavy atom. The van der Waals surface area contributed by atoms with Crippen molar-refractivity contribution in [2.45, 2.75) is 12.8 Å². The summed E-state index contributed by atoms with van der Waals surface area (Å²) in [5, 5.41) is 9.51. The summed E-state index contributed by atoms with van der Waals surface area (Å²) in [7, 11) is 0. The van der Waals surface area contributed by atoms with E-state index in [2.05, 4.69) is 12.2 Å². The Kier molecular flexibility index (Phi) is 4.33. The fraction of sp³-hybridized carbons (Fsp3) is 0.273. The van der Waals surface area contributed by atoms with Gasteiger partial charge in [-0.2, -0.15) is 0 Å². The molecule has 0 radical (unpaired) electrons. The van der Waals surface area contributed by atoms with Gasteiger partial charge in [-0.15, -0.1) is 0 Å². The Bertz CT molecular complexity index is 870. The van der Waals surface area contributed by atoms with Crippen molar-refractivity contribution < 1.29 is 14.7 Å². The average molecular weight is 347 g/mol. The summed E-state index contributed by atoms with van der Waals surface area (Å²) in [6.07, 6.45) is 6.51. The number of fused-ring (bicyclic) bond motifs is 1. The number of carbonyl (C=O) groups is 2. The maximum atomic E-state index is 13.2. The van der Waals surface area contributed by atoms with Crippen molar-refractivity contribution in [2.24, 2.45) is 11.8 Å². The number of allylic oxidation sites excluding steroid dienone is 2. The molecule has 0 bridgehead atoms. The lowest BCUT2D eigenvalue weighted by molar-refractivity contribution is 0.0696. The number of nitrogens with zero attached hydrogens (tertiary/aromatic N) is 1. The number of carboxylic acid groups (broad SMARTS) is 1. The summed E-state index contributed by atoms with van der Waals surface area (Å²) in [6.45, 7) is 1.56. The number of amides is 1. The van der Waals surface area contributed by atoms with Crippen LogP contribution in [0.4, 0.5) is 0 Å². The SMILES string of the molecule is O=C(O)c1ccccc1-c1ccccc1C(=O)N1C[C@H]2CC=CC[C@H]2C1. The van der Waals surface area contributed by atoms with E-state index in [0.29, 0.717) is 28.5 Å². The summed E-state index contributed by atoms with van der Waals surface area (Å²) < 4.78 is 0. The molecule has 1 fully saturated rings. The van der Waals surface area contributed by atoms with Crippen molar-refractivity contribution >= 4 is 11.9 Å². The summed E-state index contributed by atoms with van der Waals surface area (Å²) in [6, 6.07) is 14.2. The molecule has 1 aliphatic heterocycles. The first-order valence-electron chi connectivity index (χ1n) is 9.01. The smallest absolute Gasteiger partial charge is 0.336 e. The number of aromatic carboxylic acids is 1. The second kappa shape index (κ2) is 6.79. The van der Waals surface area contributed by atoms with Crippen LogP contribution in [-0.2, 0) is 0 Å². The van der Waals surface area contributed by atoms with Crippen LogP contribution in [0.2, 0.25) is 0 Å². The molecule has 2 atom stereocenters. The highest BCUT2D eigenvalue weighted by Gasteiger charge is 2.36. The average Bonchev–Trinajstić information content (AvgIpc) is 3.11. The van der Waals surface area contributed by atoms with Gasteiger partial charge in [0.05, 0.1) is 5.56 Å². The summed E-state index contributed by atoms with van der Waals surface area (Å²) in [5.74, 6) is 0.0983. The Labute approximate surface area is 152 Å². The number of carboxylic acids is 1. The molecule has 1 heterocycles. The highest BCUT2D eigenvalue weighted by atomic mass is 16.4. The molecule has 4 heteroatoms. The first-order chi connectivity index (χ1) is 12.6. The number of hydrogen-bond acceptors (Lipinski definition) is 2. The fourth-order valence-electron chi connectivity index (χ4n) is 4.16. The molecule has 1 saturated heterocycles. The molecule has 0 spiro atoms. The van der Waals surface area contributed by atoms with Gasteiger partial charge in [-0.1, -0.05) is 48.6 Å². The van der Waals surface area contributed by atoms with E-state index < -0.39 is 5.97 Å². The van der Waals surface area contributed by atoms with Crippen molar-refractivity contribution in [1.82, 2.24) is 4.90 Å². The monoisotopic (exact) mass is 347 g/mol. The Balaban J connectivity index is 1.69. The van der Waals surface area contributed by atoms with E-state index in [1.54, 1.807) is 30.3 Å². The molecule has 1 N–H and O–H groups in total. The van der Waals surface area contributed by atoms with Crippen molar-refractivity contribution in [2.75, 3.05) is 13.1 Å². The van der Waals surface area contributed by atoms with Crippen molar-refractivity contribution in [1.29, 1.82) is 0 Å². The van der Waals surface area contributed by atoms with E-state index in [1.165, 1.54) is 0 Å². The highest BCUT2D eigenvalue weighted by molar-refractivity contribution is 6.04. The normalized spacial score (nSPS) is 21.5. The van der Waals surface area contributed by atoms with Gasteiger partial charge >= 0.3 is 5.97 Å². The van der Waals surface area contributed by atoms with Gasteiger partial charge in [0.1, 0.15) is 0 Å². The zero-order valence-corrected chi connectivity index (χ0v) is 14.5. The van der Waals surface area contributed by atoms with Crippen LogP contribution in [0.5, 0.6) is 0 Å². The van der Waals surface area contributed by atoms with E-state index in [1.807, 2.05) is 23.1 Å². The zero-order valence-electron chi connectivity index (χ0n) is 14.5. The molecular weight excluding hydrogens is 326 g/mol. The van der Waals surface area contributed by atoms with Gasteiger partial charge in [0, 0.05) is 18.7 Å². The number of rotatable bonds is 3. The van der Waals surface area contributed by atoms with Gasteiger partial charge < -0.3 is 10.0 Å². The molecule has 0 saturated carbocycles. The van der Waals surface area contributed by atoms with E-state index in [9.17, 15) is 14.7 Å². The van der Waals surface area contributed by atoms with E-state index in [4.69, 9.17) is 0 Å². The summed E-state index contributed by atoms with van der Waals surface area (Å²) >= 11 is 0. The Morgan fingerprint density at radius 1 is 0.808 bits per heavy atom. The lowest BCUT2D eigenvalue weighted by atomic mass is 9.86. The summed E-state index contributed by atoms with van der Waals surface area (Å²) in [4.78, 5) is 26.8. The molecule has 0 aromatic heterocycles. The second-order valence-corrected chi connectivity index (χ2v) is 7.07. The quantitative estimate of drug-likeness (QED) is 0.851. The predicted octanol–water partition coefficient (Wildman–Crippen LogP) is 4.09. The molecular formula is C22H21NO3. The maximum absolute atomic E-state index is 13.2. The topological polar surface area (TPSA) is 57.6 Å². The second-order valence-electron chi connectivity index (χ2n) is 7.07. The first kappa shape index (κ1) is 16.6. The molecule has 4 nitrogen and oxygen atoms in total. The van der Waals surface area contributed by atoms with Gasteiger partial charge in [-0.05, 0) is 47.9 Å². The van der Waals surface area contributed by atoms with Gasteiger partial charge in [0.2, 0.25) is 0 Å². The largest absolute Gasteiger partial charge is 0.478 e. The molecule has 0 unspecified atom stereocenters. The number of hydrogen-bond donors (Lipinski definition) is 1. The van der Waals surface area contributed by atoms with Crippen molar-refractivity contribution in [3.05, 3.63) is 71.8 Å². The minimum Gasteiger partial charge on any atom is -0.478 e. The van der Waals surface area contributed by atoms with E-state index in [0.717, 1.165) is 25.9 Å². The third-order valence-electron chi connectivity index (χ3n) is 5.51. The number of likely N-dealkylation sites (tertiary alicyclic amines) is 1. The number of benzene rings is 2. The zero-order chi connectivity index (χ0) is 18.1. The van der Waals surface area contributed by atoms with Crippen LogP contribution < -0.4 is 0 Å². The van der Waals surface area contributed by atoms with Gasteiger partial charge in [0.25, 0.3) is 5.91 Å². The van der Waals surface area contributed by atoms with Crippen molar-refractivity contribution in [3.8, 4) is 11.1 Å². The lowest BCUT2D eigenvalue weighted by Gasteiger charge is -2.19. The minimum atomic E-state index is -0.985. The molecule has 132 valence electrons. The predicted molar refractivity (Wildman–Crippen MR) is 100 cm³/mol. The van der Waals surface area contributed by atoms with Crippen LogP contribution >= 0.6 is 0 Å². The number of carbonyl (C=O) groups excluding carboxylic acids is 1. The fourth-order valence-corrected chi connectivity index (χ4v) is 4.16. The molecule has 26 heavy (non-hydrogen) atoms. The summed E-state index contributed by atoms with van der Waals surface area (Å²) in [5.41, 5.74) is 2.06. The van der Waals surface area contributed by atoms with Crippen LogP contribution in [-0.4, -0.2) is 35.0 Å². The molecule has 2 aromatic rings. The third kappa shape index (κ3) is 2.92. The maximum Gasteiger partial charge on any atom is 0.336 e. The van der Waals surface area contributed by atoms with Gasteiger partial charge in [-0.3, -0.25) is 4.79 Å². The first-order valence-corrected chi connectivity index (χ1v) is 9.01. The molecule has 2 aromatic carbocycles. The lowest BCUT2D eigenvalue weighted by Crippen LogP contribution is -2.29. The molecule has 1 aliphatic carbocycles. The van der Waals surface area contributed by atoms with E-state index in [-0.39, 0.29) is 11.5 Å². The van der Waals surface area contributed by atoms with Gasteiger partial charge in [-0.25, -0.2) is 4.79 Å². The highest BCUT2D eigenvalue weighted by Crippen LogP contribution is 2.35. The minimum absolute atomic E-state index is 0.00445. The van der Waals surface area contributed by atoms with Crippen LogP contribution in [0, 0.1) is 11.8 Å². The van der Waals surface area contributed by atoms with Crippen LogP contribution in [0.15, 0.2) is 60.7 Å². The molecule has 2 aliphatic rings. The van der Waals surface area contributed by atoms with Crippen molar-refractivity contribution in [3.63, 3.8) is 0 Å². The third-order valence-corrected chi connectivity index (χ3v) is 5.51. The van der Waals surface area contributed by atoms with Crippen LogP contribution in [0.3, 0.4) is 0 Å². The van der Waals surface area contributed by atoms with Gasteiger partial charge in [0.15, 0.2) is 0 Å². The Morgan fingerprint density at radius 2 is 1.31 bits per heavy atom.